The Bertz CT molecular complexity index is 988. The van der Waals surface area contributed by atoms with Crippen molar-refractivity contribution in [2.75, 3.05) is 26.7 Å². The summed E-state index contributed by atoms with van der Waals surface area (Å²) in [4.78, 5) is 32.2. The lowest BCUT2D eigenvalue weighted by molar-refractivity contribution is -0.0181. The molecule has 2 aromatic carbocycles. The first-order valence-corrected chi connectivity index (χ1v) is 9.64. The highest BCUT2D eigenvalue weighted by molar-refractivity contribution is 5.94. The number of aromatic nitrogens is 1. The van der Waals surface area contributed by atoms with Gasteiger partial charge >= 0.3 is 0 Å². The van der Waals surface area contributed by atoms with E-state index in [1.165, 1.54) is 0 Å². The average Bonchev–Trinajstić information content (AvgIpc) is 2.74. The van der Waals surface area contributed by atoms with Gasteiger partial charge in [0.1, 0.15) is 5.52 Å². The third kappa shape index (κ3) is 4.31. The van der Waals surface area contributed by atoms with Crippen molar-refractivity contribution in [2.24, 2.45) is 0 Å². The zero-order chi connectivity index (χ0) is 20.2. The van der Waals surface area contributed by atoms with Crippen molar-refractivity contribution < 1.29 is 14.5 Å². The SMILES string of the molecule is CC1CN(C)CCN1C(=O)c1ccc(ONOc2cccc3cccnc23)cc1. The van der Waals surface area contributed by atoms with Gasteiger partial charge in [-0.2, -0.15) is 0 Å². The minimum atomic E-state index is 0.0446. The van der Waals surface area contributed by atoms with Crippen LogP contribution in [0.4, 0.5) is 0 Å². The molecule has 7 nitrogen and oxygen atoms in total. The van der Waals surface area contributed by atoms with Gasteiger partial charge in [-0.05, 0) is 50.4 Å². The number of hydrogen-bond acceptors (Lipinski definition) is 6. The first-order chi connectivity index (χ1) is 14.1. The number of nitrogens with one attached hydrogen (secondary N) is 1. The molecule has 7 heteroatoms. The molecular weight excluding hydrogens is 368 g/mol. The number of likely N-dealkylation sites (N-methyl/N-ethyl adjacent to an activating group) is 1. The van der Waals surface area contributed by atoms with Gasteiger partial charge in [-0.15, -0.1) is 0 Å². The Kier molecular flexibility index (Phi) is 5.59. The molecule has 1 amide bonds. The summed E-state index contributed by atoms with van der Waals surface area (Å²) in [5, 5.41) is 0.979. The second-order valence-electron chi connectivity index (χ2n) is 7.25. The van der Waals surface area contributed by atoms with E-state index in [0.717, 1.165) is 30.5 Å². The number of rotatable bonds is 5. The zero-order valence-corrected chi connectivity index (χ0v) is 16.5. The van der Waals surface area contributed by atoms with Gasteiger partial charge in [-0.1, -0.05) is 18.2 Å². The summed E-state index contributed by atoms with van der Waals surface area (Å²) in [6, 6.07) is 16.7. The van der Waals surface area contributed by atoms with Gasteiger partial charge in [0.15, 0.2) is 11.5 Å². The number of piperazine rings is 1. The number of para-hydroxylation sites is 1. The predicted molar refractivity (Wildman–Crippen MR) is 111 cm³/mol. The van der Waals surface area contributed by atoms with Gasteiger partial charge in [-0.3, -0.25) is 9.78 Å². The van der Waals surface area contributed by atoms with Crippen molar-refractivity contribution in [3.05, 3.63) is 66.4 Å². The Balaban J connectivity index is 1.35. The van der Waals surface area contributed by atoms with E-state index in [9.17, 15) is 4.79 Å². The molecule has 0 spiro atoms. The molecule has 1 N–H and O–H groups in total. The number of fused-ring (bicyclic) bond motifs is 1. The number of nitrogens with zero attached hydrogens (tertiary/aromatic N) is 3. The van der Waals surface area contributed by atoms with Crippen LogP contribution in [0.1, 0.15) is 17.3 Å². The summed E-state index contributed by atoms with van der Waals surface area (Å²) in [5.41, 5.74) is 3.88. The van der Waals surface area contributed by atoms with E-state index in [2.05, 4.69) is 29.5 Å². The fraction of sp³-hybridized carbons (Fsp3) is 0.273. The second-order valence-corrected chi connectivity index (χ2v) is 7.25. The van der Waals surface area contributed by atoms with E-state index in [4.69, 9.17) is 9.68 Å². The first kappa shape index (κ1) is 19.2. The lowest BCUT2D eigenvalue weighted by atomic mass is 10.1. The molecule has 0 saturated carbocycles. The summed E-state index contributed by atoms with van der Waals surface area (Å²) in [6.07, 6.45) is 1.72. The minimum absolute atomic E-state index is 0.0446. The first-order valence-electron chi connectivity index (χ1n) is 9.64. The molecule has 1 aliphatic rings. The maximum Gasteiger partial charge on any atom is 0.254 e. The molecular formula is C22H24N4O3. The van der Waals surface area contributed by atoms with Gasteiger partial charge in [0.2, 0.25) is 0 Å². The minimum Gasteiger partial charge on any atom is -0.374 e. The lowest BCUT2D eigenvalue weighted by Crippen LogP contribution is -2.52. The molecule has 150 valence electrons. The van der Waals surface area contributed by atoms with Crippen molar-refractivity contribution in [1.82, 2.24) is 20.4 Å². The third-order valence-electron chi connectivity index (χ3n) is 5.10. The largest absolute Gasteiger partial charge is 0.374 e. The van der Waals surface area contributed by atoms with Crippen LogP contribution in [0.3, 0.4) is 0 Å². The van der Waals surface area contributed by atoms with Crippen LogP contribution in [-0.4, -0.2) is 53.4 Å². The molecule has 1 aromatic heterocycles. The molecule has 1 atom stereocenters. The Morgan fingerprint density at radius 1 is 1.07 bits per heavy atom. The van der Waals surface area contributed by atoms with Crippen LogP contribution in [0.5, 0.6) is 11.5 Å². The van der Waals surface area contributed by atoms with Crippen molar-refractivity contribution in [3.8, 4) is 11.5 Å². The summed E-state index contributed by atoms with van der Waals surface area (Å²) in [7, 11) is 2.08. The van der Waals surface area contributed by atoms with Crippen molar-refractivity contribution in [3.63, 3.8) is 0 Å². The van der Waals surface area contributed by atoms with Crippen LogP contribution in [-0.2, 0) is 0 Å². The van der Waals surface area contributed by atoms with E-state index in [-0.39, 0.29) is 11.9 Å². The van der Waals surface area contributed by atoms with Crippen LogP contribution in [0.15, 0.2) is 60.8 Å². The van der Waals surface area contributed by atoms with Crippen molar-refractivity contribution >= 4 is 16.8 Å². The van der Waals surface area contributed by atoms with E-state index >= 15 is 0 Å². The predicted octanol–water partition coefficient (Wildman–Crippen LogP) is 2.89. The fourth-order valence-electron chi connectivity index (χ4n) is 3.55. The summed E-state index contributed by atoms with van der Waals surface area (Å²) >= 11 is 0. The Hall–Kier alpha value is -3.16. The molecule has 1 saturated heterocycles. The summed E-state index contributed by atoms with van der Waals surface area (Å²) < 4.78 is 0. The van der Waals surface area contributed by atoms with Gasteiger partial charge in [0, 0.05) is 48.5 Å². The molecule has 0 bridgehead atoms. The molecule has 3 aromatic rings. The van der Waals surface area contributed by atoms with Crippen molar-refractivity contribution in [2.45, 2.75) is 13.0 Å². The molecule has 29 heavy (non-hydrogen) atoms. The zero-order valence-electron chi connectivity index (χ0n) is 16.5. The highest BCUT2D eigenvalue weighted by Gasteiger charge is 2.26. The third-order valence-corrected chi connectivity index (χ3v) is 5.10. The molecule has 4 rings (SSSR count). The lowest BCUT2D eigenvalue weighted by Gasteiger charge is -2.38. The molecule has 1 fully saturated rings. The normalized spacial score (nSPS) is 17.3. The fourth-order valence-corrected chi connectivity index (χ4v) is 3.55. The highest BCUT2D eigenvalue weighted by atomic mass is 16.9. The monoisotopic (exact) mass is 392 g/mol. The van der Waals surface area contributed by atoms with E-state index in [0.29, 0.717) is 17.1 Å². The second kappa shape index (κ2) is 8.46. The summed E-state index contributed by atoms with van der Waals surface area (Å²) in [6.45, 7) is 4.59. The van der Waals surface area contributed by atoms with Gasteiger partial charge < -0.3 is 19.5 Å². The topological polar surface area (TPSA) is 66.9 Å². The number of amides is 1. The molecule has 0 aliphatic carbocycles. The molecule has 0 radical (unpaired) electrons. The Morgan fingerprint density at radius 3 is 2.66 bits per heavy atom. The Labute approximate surface area is 169 Å². The number of hydrogen-bond donors (Lipinski definition) is 1. The summed E-state index contributed by atoms with van der Waals surface area (Å²) in [5.74, 6) is 1.16. The maximum atomic E-state index is 12.8. The molecule has 1 aliphatic heterocycles. The highest BCUT2D eigenvalue weighted by Crippen LogP contribution is 2.22. The number of benzene rings is 2. The number of carbonyl (C=O) groups is 1. The molecule has 2 heterocycles. The van der Waals surface area contributed by atoms with Gasteiger partial charge in [0.05, 0.1) is 0 Å². The smallest absolute Gasteiger partial charge is 0.254 e. The van der Waals surface area contributed by atoms with E-state index in [1.807, 2.05) is 35.2 Å². The molecule has 1 unspecified atom stereocenters. The van der Waals surface area contributed by atoms with Crippen LogP contribution < -0.4 is 15.3 Å². The maximum absolute atomic E-state index is 12.8. The number of pyridine rings is 1. The quantitative estimate of drug-likeness (QED) is 0.674. The van der Waals surface area contributed by atoms with Gasteiger partial charge in [-0.25, -0.2) is 0 Å². The van der Waals surface area contributed by atoms with Gasteiger partial charge in [0.25, 0.3) is 5.91 Å². The average molecular weight is 392 g/mol. The van der Waals surface area contributed by atoms with Crippen LogP contribution >= 0.6 is 0 Å². The van der Waals surface area contributed by atoms with Crippen LogP contribution in [0.2, 0.25) is 0 Å². The van der Waals surface area contributed by atoms with E-state index in [1.54, 1.807) is 30.5 Å². The van der Waals surface area contributed by atoms with Crippen molar-refractivity contribution in [1.29, 1.82) is 0 Å². The van der Waals surface area contributed by atoms with E-state index < -0.39 is 0 Å². The number of carbonyl (C=O) groups excluding carboxylic acids is 1. The van der Waals surface area contributed by atoms with Crippen LogP contribution in [0, 0.1) is 0 Å². The standard InChI is InChI=1S/C22H24N4O3/c1-16-15-25(2)13-14-26(16)22(27)18-8-10-19(11-9-18)28-24-29-20-7-3-5-17-6-4-12-23-21(17)20/h3-12,16,24H,13-15H2,1-2H3. The van der Waals surface area contributed by atoms with Crippen LogP contribution in [0.25, 0.3) is 10.9 Å². The Morgan fingerprint density at radius 2 is 1.86 bits per heavy atom.